The number of nitrogens with zero attached hydrogens (tertiary/aromatic N) is 6. The summed E-state index contributed by atoms with van der Waals surface area (Å²) in [4.78, 5) is 184. The number of hydrogen-bond donors (Lipinski definition) is 4. The Labute approximate surface area is 555 Å². The summed E-state index contributed by atoms with van der Waals surface area (Å²) >= 11 is 0. The Bertz CT molecular complexity index is 2960. The van der Waals surface area contributed by atoms with Gasteiger partial charge < -0.3 is 64.9 Å². The monoisotopic (exact) mass is 1310 g/mol. The van der Waals surface area contributed by atoms with Crippen LogP contribution in [0.1, 0.15) is 140 Å². The number of cyclic esters (lactones) is 1. The highest BCUT2D eigenvalue weighted by atomic mass is 16.6. The summed E-state index contributed by atoms with van der Waals surface area (Å²) < 4.78 is 16.9. The van der Waals surface area contributed by atoms with Gasteiger partial charge in [-0.1, -0.05) is 138 Å². The zero-order chi connectivity index (χ0) is 70.7. The number of rotatable bonds is 17. The summed E-state index contributed by atoms with van der Waals surface area (Å²) in [5.74, 6) is -12.3. The second-order valence-corrected chi connectivity index (χ2v) is 26.6. The molecule has 2 heterocycles. The number of methoxy groups -OCH3 is 1. The van der Waals surface area contributed by atoms with Crippen LogP contribution in [0.5, 0.6) is 5.75 Å². The van der Waals surface area contributed by atoms with Crippen molar-refractivity contribution < 1.29 is 71.7 Å². The van der Waals surface area contributed by atoms with Crippen molar-refractivity contribution in [3.8, 4) is 5.75 Å². The highest BCUT2D eigenvalue weighted by molar-refractivity contribution is 6.00. The molecule has 0 radical (unpaired) electrons. The Kier molecular flexibility index (Phi) is 30.0. The van der Waals surface area contributed by atoms with Crippen molar-refractivity contribution in [3.63, 3.8) is 0 Å². The highest BCUT2D eigenvalue weighted by Crippen LogP contribution is 2.27. The van der Waals surface area contributed by atoms with Gasteiger partial charge in [0, 0.05) is 48.2 Å². The largest absolute Gasteiger partial charge is 0.497 e. The normalized spacial score (nSPS) is 24.8. The second kappa shape index (κ2) is 36.0. The SMILES string of the molecule is CC[C@H](C)[C@H]1C(=O)NCC(=O)N(C)[C@@H](C(C)C)C(=O)N[C@@H](Cc2ccc(OC)cc2)C(=O)O[C@H](C)C(=O)N2CCCC[C@H]2C(=O)N(C)[C@@H](C(C)C)C(=O)N[C@@H](C(C)C)C(=O)N(C)[C@@H](CC(=O)N[C@H](C(=O)OCc2ccccc2)C(C)C)C(=O)N(C)[C@@H]([C@@H](C)CC)C(=O)N1C. The van der Waals surface area contributed by atoms with Gasteiger partial charge in [0.15, 0.2) is 6.10 Å². The first kappa shape index (κ1) is 78.3. The van der Waals surface area contributed by atoms with Crippen molar-refractivity contribution in [3.05, 3.63) is 65.7 Å². The molecule has 10 amide bonds. The molecule has 2 aliphatic heterocycles. The molecule has 0 bridgehead atoms. The number of nitrogens with one attached hydrogen (secondary N) is 4. The number of likely N-dealkylation sites (N-methyl/N-ethyl adjacent to an activating group) is 5. The molecule has 2 saturated heterocycles. The zero-order valence-corrected chi connectivity index (χ0v) is 58.8. The van der Waals surface area contributed by atoms with E-state index in [1.807, 2.05) is 13.0 Å². The molecule has 25 heteroatoms. The lowest BCUT2D eigenvalue weighted by atomic mass is 9.92. The van der Waals surface area contributed by atoms with Gasteiger partial charge in [0.2, 0.25) is 53.2 Å². The van der Waals surface area contributed by atoms with Crippen LogP contribution >= 0.6 is 0 Å². The molecule has 94 heavy (non-hydrogen) atoms. The minimum absolute atomic E-state index is 0.0908. The van der Waals surface area contributed by atoms with Crippen LogP contribution in [0.4, 0.5) is 0 Å². The van der Waals surface area contributed by atoms with Crippen molar-refractivity contribution in [1.29, 1.82) is 0 Å². The van der Waals surface area contributed by atoms with Gasteiger partial charge >= 0.3 is 11.9 Å². The number of amides is 10. The third kappa shape index (κ3) is 20.2. The van der Waals surface area contributed by atoms with Crippen LogP contribution in [0, 0.1) is 35.5 Å². The lowest BCUT2D eigenvalue weighted by molar-refractivity contribution is -0.165. The third-order valence-corrected chi connectivity index (χ3v) is 18.3. The van der Waals surface area contributed by atoms with E-state index in [0.29, 0.717) is 42.6 Å². The molecule has 12 atom stereocenters. The molecule has 0 aromatic heterocycles. The van der Waals surface area contributed by atoms with Crippen LogP contribution < -0.4 is 26.0 Å². The van der Waals surface area contributed by atoms with Crippen LogP contribution in [0.15, 0.2) is 54.6 Å². The number of fused-ring (bicyclic) bond motifs is 1. The molecule has 0 saturated carbocycles. The molecular weight excluding hydrogens is 1210 g/mol. The summed E-state index contributed by atoms with van der Waals surface area (Å²) in [7, 11) is 8.35. The van der Waals surface area contributed by atoms with Gasteiger partial charge in [0.1, 0.15) is 66.7 Å². The number of carbonyl (C=O) groups is 12. The van der Waals surface area contributed by atoms with E-state index in [1.165, 1.54) is 64.0 Å². The molecule has 25 nitrogen and oxygen atoms in total. The molecule has 2 aromatic carbocycles. The Hall–Kier alpha value is -8.12. The van der Waals surface area contributed by atoms with E-state index in [2.05, 4.69) is 21.3 Å². The molecule has 2 aromatic rings. The maximum absolute atomic E-state index is 15.6. The van der Waals surface area contributed by atoms with E-state index < -0.39 is 180 Å². The second-order valence-electron chi connectivity index (χ2n) is 26.6. The molecule has 0 spiro atoms. The van der Waals surface area contributed by atoms with E-state index in [-0.39, 0.29) is 26.0 Å². The van der Waals surface area contributed by atoms with Crippen LogP contribution in [0.3, 0.4) is 0 Å². The lowest BCUT2D eigenvalue weighted by Crippen LogP contribution is -2.63. The first-order valence-electron chi connectivity index (χ1n) is 33.0. The predicted molar refractivity (Wildman–Crippen MR) is 352 cm³/mol. The first-order chi connectivity index (χ1) is 44.1. The van der Waals surface area contributed by atoms with Gasteiger partial charge in [-0.2, -0.15) is 0 Å². The Balaban J connectivity index is 1.91. The average molecular weight is 1320 g/mol. The number of ether oxygens (including phenoxy) is 3. The summed E-state index contributed by atoms with van der Waals surface area (Å²) in [6.07, 6.45) is -0.478. The maximum atomic E-state index is 15.6. The number of carbonyl (C=O) groups excluding carboxylic acids is 12. The summed E-state index contributed by atoms with van der Waals surface area (Å²) in [5.41, 5.74) is 1.27. The molecular formula is C69H106N10O15. The predicted octanol–water partition coefficient (Wildman–Crippen LogP) is 4.12. The smallest absolute Gasteiger partial charge is 0.329 e. The molecule has 0 aliphatic carbocycles. The molecule has 2 aliphatic rings. The fourth-order valence-corrected chi connectivity index (χ4v) is 12.2. The van der Waals surface area contributed by atoms with Gasteiger partial charge in [0.25, 0.3) is 5.91 Å². The highest BCUT2D eigenvalue weighted by Gasteiger charge is 2.46. The van der Waals surface area contributed by atoms with Crippen molar-refractivity contribution in [2.75, 3.05) is 55.4 Å². The summed E-state index contributed by atoms with van der Waals surface area (Å²) in [5, 5.41) is 11.0. The van der Waals surface area contributed by atoms with Gasteiger partial charge in [-0.15, -0.1) is 0 Å². The minimum Gasteiger partial charge on any atom is -0.497 e. The van der Waals surface area contributed by atoms with Crippen molar-refractivity contribution in [2.24, 2.45) is 35.5 Å². The third-order valence-electron chi connectivity index (χ3n) is 18.3. The van der Waals surface area contributed by atoms with Crippen molar-refractivity contribution in [2.45, 2.75) is 202 Å². The van der Waals surface area contributed by atoms with E-state index in [9.17, 15) is 43.2 Å². The van der Waals surface area contributed by atoms with Gasteiger partial charge in [-0.3, -0.25) is 47.9 Å². The lowest BCUT2D eigenvalue weighted by Gasteiger charge is -2.41. The van der Waals surface area contributed by atoms with Gasteiger partial charge in [-0.25, -0.2) is 9.59 Å². The topological polar surface area (TPSA) is 300 Å². The molecule has 0 unspecified atom stereocenters. The van der Waals surface area contributed by atoms with E-state index in [0.717, 1.165) is 14.7 Å². The van der Waals surface area contributed by atoms with Crippen LogP contribution in [0.2, 0.25) is 0 Å². The van der Waals surface area contributed by atoms with Crippen LogP contribution in [0.25, 0.3) is 0 Å². The first-order valence-corrected chi connectivity index (χ1v) is 33.0. The van der Waals surface area contributed by atoms with E-state index >= 15 is 14.4 Å². The van der Waals surface area contributed by atoms with Crippen molar-refractivity contribution >= 4 is 71.0 Å². The van der Waals surface area contributed by atoms with Crippen LogP contribution in [-0.2, 0) is 80.0 Å². The number of esters is 2. The summed E-state index contributed by atoms with van der Waals surface area (Å²) in [6.45, 7) is 21.3. The fourth-order valence-electron chi connectivity index (χ4n) is 12.2. The number of hydrogen-bond acceptors (Lipinski definition) is 15. The number of piperidine rings is 1. The minimum atomic E-state index is -1.71. The van der Waals surface area contributed by atoms with Gasteiger partial charge in [-0.05, 0) is 85.0 Å². The van der Waals surface area contributed by atoms with Crippen LogP contribution in [-0.4, -0.2) is 216 Å². The molecule has 522 valence electrons. The van der Waals surface area contributed by atoms with Crippen molar-refractivity contribution in [1.82, 2.24) is 50.7 Å². The standard InChI is InChI=1S/C69H106N10O15/c1-20-43(11)58-60(82)70-37-53(81)75(15)56(41(7)8)61(83)71-49(35-46-30-32-48(92-19)33-31-46)68(90)94-45(13)63(85)79-34-26-25-29-50(79)64(86)76(16)57(42(9)10)62(84)73-54(39(3)4)66(88)74(14)51(65(87)78(18)59(44(12)21-2)67(89)77(58)17)36-52(80)72-55(40(5)6)69(91)93-38-47-27-23-22-24-28-47/h22-24,27-28,30-33,39-45,49-51,54-59H,20-21,25-26,29,34-38H2,1-19H3,(H,70,82)(H,71,83)(H,72,80)(H,73,84)/t43-,44-,45+,49-,50-,51-,54-,55-,56-,57-,58-,59-/m0/s1. The summed E-state index contributed by atoms with van der Waals surface area (Å²) in [6, 6.07) is 3.70. The average Bonchev–Trinajstić information content (AvgIpc) is 0.817. The molecule has 4 N–H and O–H groups in total. The van der Waals surface area contributed by atoms with Gasteiger partial charge in [0.05, 0.1) is 20.1 Å². The maximum Gasteiger partial charge on any atom is 0.329 e. The van der Waals surface area contributed by atoms with E-state index in [1.54, 1.807) is 125 Å². The Morgan fingerprint density at radius 2 is 1.16 bits per heavy atom. The fraction of sp³-hybridized carbons (Fsp3) is 0.652. The molecule has 4 rings (SSSR count). The Morgan fingerprint density at radius 1 is 0.606 bits per heavy atom. The van der Waals surface area contributed by atoms with E-state index in [4.69, 9.17) is 14.2 Å². The number of benzene rings is 2. The Morgan fingerprint density at radius 3 is 1.71 bits per heavy atom. The quantitative estimate of drug-likeness (QED) is 0.162. The molecule has 2 fully saturated rings. The zero-order valence-electron chi connectivity index (χ0n) is 58.8.